The van der Waals surface area contributed by atoms with E-state index >= 15 is 0 Å². The van der Waals surface area contributed by atoms with Gasteiger partial charge in [0.15, 0.2) is 5.78 Å². The third-order valence-electron chi connectivity index (χ3n) is 2.40. The van der Waals surface area contributed by atoms with Gasteiger partial charge >= 0.3 is 0 Å². The summed E-state index contributed by atoms with van der Waals surface area (Å²) in [4.78, 5) is 12.0. The van der Waals surface area contributed by atoms with Crippen LogP contribution < -0.4 is 0 Å². The maximum atomic E-state index is 12.0. The number of hydrogen-bond acceptors (Lipinski definition) is 2. The maximum absolute atomic E-state index is 12.0. The van der Waals surface area contributed by atoms with Gasteiger partial charge in [0.05, 0.1) is 13.0 Å². The Labute approximate surface area is 90.6 Å². The third-order valence-corrected chi connectivity index (χ3v) is 2.40. The van der Waals surface area contributed by atoms with Crippen LogP contribution in [0.1, 0.15) is 24.2 Å². The lowest BCUT2D eigenvalue weighted by atomic mass is 9.97. The molecule has 0 N–H and O–H groups in total. The highest BCUT2D eigenvalue weighted by Gasteiger charge is 2.18. The Morgan fingerprint density at radius 3 is 2.40 bits per heavy atom. The molecule has 1 rings (SSSR count). The van der Waals surface area contributed by atoms with Crippen LogP contribution in [0.15, 0.2) is 42.2 Å². The third kappa shape index (κ3) is 2.69. The van der Waals surface area contributed by atoms with Gasteiger partial charge in [-0.25, -0.2) is 0 Å². The summed E-state index contributed by atoms with van der Waals surface area (Å²) in [5.74, 6) is 0.580. The molecule has 0 saturated heterocycles. The summed E-state index contributed by atoms with van der Waals surface area (Å²) < 4.78 is 5.14. The van der Waals surface area contributed by atoms with Crippen LogP contribution in [0.2, 0.25) is 0 Å². The first-order valence-electron chi connectivity index (χ1n) is 5.00. The van der Waals surface area contributed by atoms with E-state index in [9.17, 15) is 4.79 Å². The first kappa shape index (κ1) is 11.5. The molecule has 0 radical (unpaired) electrons. The zero-order valence-corrected chi connectivity index (χ0v) is 9.36. The van der Waals surface area contributed by atoms with Crippen LogP contribution in [0, 0.1) is 5.92 Å². The number of Topliss-reactive ketones (excluding diaryl/α,β-unsaturated/α-hetero) is 1. The molecule has 0 aliphatic heterocycles. The molecular weight excluding hydrogens is 188 g/mol. The zero-order valence-electron chi connectivity index (χ0n) is 9.36. The van der Waals surface area contributed by atoms with Crippen LogP contribution in [-0.4, -0.2) is 12.9 Å². The fourth-order valence-electron chi connectivity index (χ4n) is 1.53. The molecule has 0 bridgehead atoms. The smallest absolute Gasteiger partial charge is 0.173 e. The normalized spacial score (nSPS) is 13.4. The van der Waals surface area contributed by atoms with E-state index in [1.807, 2.05) is 50.3 Å². The summed E-state index contributed by atoms with van der Waals surface area (Å²) in [6.07, 6.45) is 1.82. The van der Waals surface area contributed by atoms with Crippen LogP contribution in [-0.2, 0) is 4.74 Å². The van der Waals surface area contributed by atoms with Gasteiger partial charge < -0.3 is 4.74 Å². The molecule has 0 heterocycles. The van der Waals surface area contributed by atoms with E-state index in [1.165, 1.54) is 0 Å². The fraction of sp³-hybridized carbons (Fsp3) is 0.308. The van der Waals surface area contributed by atoms with E-state index in [0.717, 1.165) is 5.56 Å². The summed E-state index contributed by atoms with van der Waals surface area (Å²) in [5, 5.41) is 0. The molecule has 1 aromatic rings. The number of carbonyl (C=O) groups excluding carboxylic acids is 1. The highest BCUT2D eigenvalue weighted by Crippen LogP contribution is 2.17. The molecule has 0 aliphatic carbocycles. The summed E-state index contributed by atoms with van der Waals surface area (Å²) in [7, 11) is 1.59. The Balaban J connectivity index is 2.87. The molecule has 1 atom stereocenters. The number of rotatable bonds is 4. The molecule has 0 saturated carbocycles. The highest BCUT2D eigenvalue weighted by atomic mass is 16.5. The van der Waals surface area contributed by atoms with Crippen molar-refractivity contribution < 1.29 is 9.53 Å². The van der Waals surface area contributed by atoms with Crippen molar-refractivity contribution in [1.29, 1.82) is 0 Å². The summed E-state index contributed by atoms with van der Waals surface area (Å²) >= 11 is 0. The lowest BCUT2D eigenvalue weighted by Crippen LogP contribution is -2.14. The molecule has 15 heavy (non-hydrogen) atoms. The molecular formula is C13H16O2. The number of ketones is 1. The van der Waals surface area contributed by atoms with Gasteiger partial charge in [-0.15, -0.1) is 0 Å². The minimum atomic E-state index is -0.220. The van der Waals surface area contributed by atoms with Crippen molar-refractivity contribution in [2.75, 3.05) is 7.11 Å². The molecule has 1 aromatic carbocycles. The standard InChI is InChI=1S/C13H16O2/c1-4-12(15-3)10(2)13(14)11-8-6-5-7-9-11/h4-10H,1-3H3/b12-4+. The largest absolute Gasteiger partial charge is 0.501 e. The number of methoxy groups -OCH3 is 1. The van der Waals surface area contributed by atoms with Gasteiger partial charge in [0.2, 0.25) is 0 Å². The van der Waals surface area contributed by atoms with Crippen molar-refractivity contribution >= 4 is 5.78 Å². The molecule has 80 valence electrons. The molecule has 0 spiro atoms. The molecule has 2 heteroatoms. The van der Waals surface area contributed by atoms with Gasteiger partial charge in [0, 0.05) is 5.56 Å². The molecule has 1 unspecified atom stereocenters. The lowest BCUT2D eigenvalue weighted by Gasteiger charge is -2.13. The van der Waals surface area contributed by atoms with Gasteiger partial charge in [-0.05, 0) is 19.9 Å². The minimum absolute atomic E-state index is 0.0885. The molecule has 2 nitrogen and oxygen atoms in total. The molecule has 0 amide bonds. The number of carbonyl (C=O) groups is 1. The van der Waals surface area contributed by atoms with E-state index < -0.39 is 0 Å². The highest BCUT2D eigenvalue weighted by molar-refractivity contribution is 5.99. The average Bonchev–Trinajstić information content (AvgIpc) is 2.30. The Morgan fingerprint density at radius 2 is 1.93 bits per heavy atom. The van der Waals surface area contributed by atoms with Gasteiger partial charge in [-0.3, -0.25) is 4.79 Å². The minimum Gasteiger partial charge on any atom is -0.501 e. The average molecular weight is 204 g/mol. The van der Waals surface area contributed by atoms with Crippen LogP contribution in [0.3, 0.4) is 0 Å². The second-order valence-corrected chi connectivity index (χ2v) is 3.35. The van der Waals surface area contributed by atoms with Crippen molar-refractivity contribution in [2.24, 2.45) is 5.92 Å². The first-order chi connectivity index (χ1) is 7.20. The van der Waals surface area contributed by atoms with Crippen molar-refractivity contribution in [3.8, 4) is 0 Å². The summed E-state index contributed by atoms with van der Waals surface area (Å²) in [6, 6.07) is 9.27. The Bertz CT molecular complexity index is 352. The van der Waals surface area contributed by atoms with Crippen LogP contribution in [0.4, 0.5) is 0 Å². The summed E-state index contributed by atoms with van der Waals surface area (Å²) in [5.41, 5.74) is 0.724. The lowest BCUT2D eigenvalue weighted by molar-refractivity contribution is 0.0910. The van der Waals surface area contributed by atoms with Crippen molar-refractivity contribution in [3.63, 3.8) is 0 Å². The van der Waals surface area contributed by atoms with Gasteiger partial charge in [0.25, 0.3) is 0 Å². The first-order valence-corrected chi connectivity index (χ1v) is 5.00. The van der Waals surface area contributed by atoms with E-state index in [1.54, 1.807) is 7.11 Å². The number of allylic oxidation sites excluding steroid dienone is 2. The quantitative estimate of drug-likeness (QED) is 0.556. The fourth-order valence-corrected chi connectivity index (χ4v) is 1.53. The van der Waals surface area contributed by atoms with Crippen LogP contribution in [0.25, 0.3) is 0 Å². The maximum Gasteiger partial charge on any atom is 0.173 e. The van der Waals surface area contributed by atoms with Crippen molar-refractivity contribution in [3.05, 3.63) is 47.7 Å². The second kappa shape index (κ2) is 5.35. The number of hydrogen-bond donors (Lipinski definition) is 0. The van der Waals surface area contributed by atoms with Gasteiger partial charge in [-0.2, -0.15) is 0 Å². The van der Waals surface area contributed by atoms with Gasteiger partial charge in [-0.1, -0.05) is 30.3 Å². The van der Waals surface area contributed by atoms with Crippen molar-refractivity contribution in [2.45, 2.75) is 13.8 Å². The topological polar surface area (TPSA) is 26.3 Å². The van der Waals surface area contributed by atoms with E-state index in [0.29, 0.717) is 5.76 Å². The van der Waals surface area contributed by atoms with E-state index in [-0.39, 0.29) is 11.7 Å². The van der Waals surface area contributed by atoms with Gasteiger partial charge in [0.1, 0.15) is 5.76 Å². The van der Waals surface area contributed by atoms with Crippen LogP contribution in [0.5, 0.6) is 0 Å². The van der Waals surface area contributed by atoms with Crippen molar-refractivity contribution in [1.82, 2.24) is 0 Å². The number of ether oxygens (including phenoxy) is 1. The SMILES string of the molecule is C/C=C(/OC)C(C)C(=O)c1ccccc1. The monoisotopic (exact) mass is 204 g/mol. The second-order valence-electron chi connectivity index (χ2n) is 3.35. The summed E-state index contributed by atoms with van der Waals surface area (Å²) in [6.45, 7) is 3.72. The predicted molar refractivity (Wildman–Crippen MR) is 60.7 cm³/mol. The zero-order chi connectivity index (χ0) is 11.3. The molecule has 0 aromatic heterocycles. The van der Waals surface area contributed by atoms with E-state index in [2.05, 4.69) is 0 Å². The van der Waals surface area contributed by atoms with E-state index in [4.69, 9.17) is 4.74 Å². The molecule has 0 fully saturated rings. The predicted octanol–water partition coefficient (Wildman–Crippen LogP) is 3.06. The Kier molecular flexibility index (Phi) is 4.10. The van der Waals surface area contributed by atoms with Crippen LogP contribution >= 0.6 is 0 Å². The Hall–Kier alpha value is -1.57. The molecule has 0 aliphatic rings. The Morgan fingerprint density at radius 1 is 1.33 bits per heavy atom. The number of benzene rings is 1.